The quantitative estimate of drug-likeness (QED) is 0.837. The molecule has 1 aliphatic heterocycles. The van der Waals surface area contributed by atoms with Crippen LogP contribution in [0.4, 0.5) is 0 Å². The van der Waals surface area contributed by atoms with E-state index >= 15 is 0 Å². The third-order valence-corrected chi connectivity index (χ3v) is 5.25. The van der Waals surface area contributed by atoms with Gasteiger partial charge in [-0.1, -0.05) is 0 Å². The van der Waals surface area contributed by atoms with E-state index in [1.165, 1.54) is 35.3 Å². The third kappa shape index (κ3) is 3.78. The van der Waals surface area contributed by atoms with Crippen molar-refractivity contribution in [3.63, 3.8) is 0 Å². The number of hydrogen-bond donors (Lipinski definition) is 1. The van der Waals surface area contributed by atoms with E-state index < -0.39 is 0 Å². The first-order valence-corrected chi connectivity index (χ1v) is 7.94. The van der Waals surface area contributed by atoms with E-state index in [1.807, 2.05) is 11.3 Å². The maximum atomic E-state index is 3.53. The monoisotopic (exact) mass is 316 g/mol. The van der Waals surface area contributed by atoms with Crippen molar-refractivity contribution < 1.29 is 0 Å². The molecule has 1 aromatic heterocycles. The smallest absolute Gasteiger partial charge is 0.0300 e. The Bertz CT molecular complexity index is 362. The summed E-state index contributed by atoms with van der Waals surface area (Å²) >= 11 is 5.29. The summed E-state index contributed by atoms with van der Waals surface area (Å²) in [6.45, 7) is 9.22. The maximum Gasteiger partial charge on any atom is 0.0300 e. The topological polar surface area (TPSA) is 15.3 Å². The molecule has 1 aliphatic rings. The molecule has 0 atom stereocenters. The van der Waals surface area contributed by atoms with Gasteiger partial charge in [-0.2, -0.15) is 0 Å². The van der Waals surface area contributed by atoms with Gasteiger partial charge in [-0.15, -0.1) is 11.3 Å². The van der Waals surface area contributed by atoms with Crippen LogP contribution in [0.15, 0.2) is 15.9 Å². The Balaban J connectivity index is 1.66. The van der Waals surface area contributed by atoms with Crippen molar-refractivity contribution in [2.45, 2.75) is 38.8 Å². The summed E-state index contributed by atoms with van der Waals surface area (Å²) in [5.74, 6) is 0. The number of halogens is 1. The first-order valence-electron chi connectivity index (χ1n) is 6.27. The Morgan fingerprint density at radius 2 is 2.35 bits per heavy atom. The van der Waals surface area contributed by atoms with Gasteiger partial charge in [0.2, 0.25) is 0 Å². The minimum absolute atomic E-state index is 0.410. The average molecular weight is 317 g/mol. The van der Waals surface area contributed by atoms with Gasteiger partial charge in [0.25, 0.3) is 0 Å². The van der Waals surface area contributed by atoms with E-state index in [0.717, 1.165) is 13.1 Å². The Morgan fingerprint density at radius 3 is 2.94 bits per heavy atom. The molecule has 0 aliphatic carbocycles. The summed E-state index contributed by atoms with van der Waals surface area (Å²) in [5, 5.41) is 5.67. The van der Waals surface area contributed by atoms with Crippen LogP contribution >= 0.6 is 27.3 Å². The van der Waals surface area contributed by atoms with Gasteiger partial charge in [0.1, 0.15) is 0 Å². The van der Waals surface area contributed by atoms with Gasteiger partial charge in [-0.25, -0.2) is 0 Å². The number of likely N-dealkylation sites (tertiary alicyclic amines) is 1. The van der Waals surface area contributed by atoms with Crippen molar-refractivity contribution in [1.82, 2.24) is 10.2 Å². The number of nitrogens with zero attached hydrogens (tertiary/aromatic N) is 1. The Kier molecular flexibility index (Phi) is 4.64. The van der Waals surface area contributed by atoms with E-state index in [2.05, 4.69) is 51.4 Å². The minimum atomic E-state index is 0.410. The fraction of sp³-hybridized carbons (Fsp3) is 0.692. The number of rotatable bonds is 5. The lowest BCUT2D eigenvalue weighted by Gasteiger charge is -2.31. The highest BCUT2D eigenvalue weighted by Gasteiger charge is 2.30. The number of hydrogen-bond acceptors (Lipinski definition) is 3. The SMILES string of the molecule is CC1(C)CCCN1CCNCc1cc(Br)cs1. The molecule has 17 heavy (non-hydrogen) atoms. The van der Waals surface area contributed by atoms with E-state index in [1.54, 1.807) is 0 Å². The number of thiophene rings is 1. The van der Waals surface area contributed by atoms with Crippen LogP contribution in [0.1, 0.15) is 31.6 Å². The van der Waals surface area contributed by atoms with Gasteiger partial charge >= 0.3 is 0 Å². The molecular formula is C13H21BrN2S. The van der Waals surface area contributed by atoms with Crippen LogP contribution in [0.5, 0.6) is 0 Å². The Hall–Kier alpha value is 0.1000. The highest BCUT2D eigenvalue weighted by atomic mass is 79.9. The van der Waals surface area contributed by atoms with Gasteiger partial charge in [-0.3, -0.25) is 4.90 Å². The molecule has 0 spiro atoms. The van der Waals surface area contributed by atoms with Crippen LogP contribution < -0.4 is 5.32 Å². The van der Waals surface area contributed by atoms with E-state index in [-0.39, 0.29) is 0 Å². The first kappa shape index (κ1) is 13.5. The van der Waals surface area contributed by atoms with E-state index in [9.17, 15) is 0 Å². The molecule has 2 nitrogen and oxygen atoms in total. The molecule has 96 valence electrons. The largest absolute Gasteiger partial charge is 0.311 e. The van der Waals surface area contributed by atoms with Crippen molar-refractivity contribution in [3.05, 3.63) is 20.8 Å². The highest BCUT2D eigenvalue weighted by molar-refractivity contribution is 9.10. The maximum absolute atomic E-state index is 3.53. The third-order valence-electron chi connectivity index (χ3n) is 3.55. The molecule has 0 unspecified atom stereocenters. The molecule has 1 saturated heterocycles. The molecular weight excluding hydrogens is 296 g/mol. The van der Waals surface area contributed by atoms with Gasteiger partial charge in [0.05, 0.1) is 0 Å². The van der Waals surface area contributed by atoms with Crippen LogP contribution in [0, 0.1) is 0 Å². The van der Waals surface area contributed by atoms with Crippen LogP contribution in [-0.2, 0) is 6.54 Å². The van der Waals surface area contributed by atoms with Gasteiger partial charge in [-0.05, 0) is 55.2 Å². The molecule has 0 saturated carbocycles. The van der Waals surface area contributed by atoms with Crippen molar-refractivity contribution >= 4 is 27.3 Å². The lowest BCUT2D eigenvalue weighted by molar-refractivity contribution is 0.176. The summed E-state index contributed by atoms with van der Waals surface area (Å²) < 4.78 is 1.19. The molecule has 2 rings (SSSR count). The lowest BCUT2D eigenvalue weighted by atomic mass is 10.0. The zero-order valence-corrected chi connectivity index (χ0v) is 13.0. The molecule has 0 amide bonds. The average Bonchev–Trinajstić information content (AvgIpc) is 2.80. The van der Waals surface area contributed by atoms with Gasteiger partial charge in [0.15, 0.2) is 0 Å². The van der Waals surface area contributed by atoms with Crippen molar-refractivity contribution in [2.24, 2.45) is 0 Å². The van der Waals surface area contributed by atoms with Crippen molar-refractivity contribution in [2.75, 3.05) is 19.6 Å². The molecule has 0 bridgehead atoms. The predicted molar refractivity (Wildman–Crippen MR) is 78.6 cm³/mol. The van der Waals surface area contributed by atoms with Crippen LogP contribution in [0.25, 0.3) is 0 Å². The summed E-state index contributed by atoms with van der Waals surface area (Å²) in [6.07, 6.45) is 2.69. The first-order chi connectivity index (χ1) is 8.08. The van der Waals surface area contributed by atoms with E-state index in [0.29, 0.717) is 5.54 Å². The summed E-state index contributed by atoms with van der Waals surface area (Å²) in [4.78, 5) is 4.00. The summed E-state index contributed by atoms with van der Waals surface area (Å²) in [5.41, 5.74) is 0.410. The van der Waals surface area contributed by atoms with Crippen molar-refractivity contribution in [1.29, 1.82) is 0 Å². The van der Waals surface area contributed by atoms with Crippen LogP contribution in [-0.4, -0.2) is 30.1 Å². The molecule has 0 aromatic carbocycles. The molecule has 1 fully saturated rings. The fourth-order valence-corrected chi connectivity index (χ4v) is 3.87. The molecule has 2 heterocycles. The second kappa shape index (κ2) is 5.83. The molecule has 1 aromatic rings. The summed E-state index contributed by atoms with van der Waals surface area (Å²) in [6, 6.07) is 2.19. The zero-order valence-electron chi connectivity index (χ0n) is 10.6. The predicted octanol–water partition coefficient (Wildman–Crippen LogP) is 3.47. The van der Waals surface area contributed by atoms with E-state index in [4.69, 9.17) is 0 Å². The van der Waals surface area contributed by atoms with Gasteiger partial charge < -0.3 is 5.32 Å². The standard InChI is InChI=1S/C13H21BrN2S/c1-13(2)4-3-6-16(13)7-5-15-9-12-8-11(14)10-17-12/h8,10,15H,3-7,9H2,1-2H3. The Labute approximate surface area is 117 Å². The second-order valence-electron chi connectivity index (χ2n) is 5.31. The summed E-state index contributed by atoms with van der Waals surface area (Å²) in [7, 11) is 0. The Morgan fingerprint density at radius 1 is 1.53 bits per heavy atom. The molecule has 1 N–H and O–H groups in total. The highest BCUT2D eigenvalue weighted by Crippen LogP contribution is 2.27. The lowest BCUT2D eigenvalue weighted by Crippen LogP contribution is -2.41. The zero-order chi connectivity index (χ0) is 12.3. The minimum Gasteiger partial charge on any atom is -0.311 e. The van der Waals surface area contributed by atoms with Crippen LogP contribution in [0.3, 0.4) is 0 Å². The number of nitrogens with one attached hydrogen (secondary N) is 1. The normalized spacial score (nSPS) is 19.9. The van der Waals surface area contributed by atoms with Crippen LogP contribution in [0.2, 0.25) is 0 Å². The molecule has 0 radical (unpaired) electrons. The van der Waals surface area contributed by atoms with Crippen molar-refractivity contribution in [3.8, 4) is 0 Å². The second-order valence-corrected chi connectivity index (χ2v) is 7.22. The fourth-order valence-electron chi connectivity index (χ4n) is 2.45. The molecule has 4 heteroatoms. The van der Waals surface area contributed by atoms with Gasteiger partial charge in [0, 0.05) is 39.9 Å².